The van der Waals surface area contributed by atoms with Crippen molar-refractivity contribution in [3.8, 4) is 0 Å². The molecule has 11 heavy (non-hydrogen) atoms. The first-order chi connectivity index (χ1) is 5.29. The molecule has 0 aromatic carbocycles. The fourth-order valence-electron chi connectivity index (χ4n) is 1.67. The average Bonchev–Trinajstić information content (AvgIpc) is 2.39. The van der Waals surface area contributed by atoms with Crippen LogP contribution in [0.3, 0.4) is 0 Å². The quantitative estimate of drug-likeness (QED) is 0.568. The van der Waals surface area contributed by atoms with Crippen molar-refractivity contribution in [3.05, 3.63) is 12.2 Å². The monoisotopic (exact) mass is 152 g/mol. The van der Waals surface area contributed by atoms with E-state index in [-0.39, 0.29) is 5.78 Å². The molecule has 1 nitrogen and oxygen atoms in total. The van der Waals surface area contributed by atoms with Crippen molar-refractivity contribution < 1.29 is 4.79 Å². The van der Waals surface area contributed by atoms with Crippen LogP contribution in [-0.2, 0) is 4.79 Å². The van der Waals surface area contributed by atoms with Crippen molar-refractivity contribution >= 4 is 5.78 Å². The van der Waals surface area contributed by atoms with Gasteiger partial charge in [-0.2, -0.15) is 0 Å². The summed E-state index contributed by atoms with van der Waals surface area (Å²) < 4.78 is 0. The van der Waals surface area contributed by atoms with Crippen LogP contribution in [0.1, 0.15) is 39.0 Å². The van der Waals surface area contributed by atoms with Crippen molar-refractivity contribution in [1.82, 2.24) is 0 Å². The van der Waals surface area contributed by atoms with E-state index in [4.69, 9.17) is 0 Å². The number of carbonyl (C=O) groups is 1. The zero-order valence-corrected chi connectivity index (χ0v) is 7.18. The average molecular weight is 152 g/mol. The maximum absolute atomic E-state index is 10.5. The van der Waals surface area contributed by atoms with Gasteiger partial charge in [0.1, 0.15) is 0 Å². The highest BCUT2D eigenvalue weighted by molar-refractivity contribution is 5.87. The van der Waals surface area contributed by atoms with Crippen LogP contribution in [-0.4, -0.2) is 5.78 Å². The van der Waals surface area contributed by atoms with E-state index in [1.165, 1.54) is 25.7 Å². The van der Waals surface area contributed by atoms with Crippen LogP contribution in [0, 0.1) is 5.92 Å². The fourth-order valence-corrected chi connectivity index (χ4v) is 1.67. The van der Waals surface area contributed by atoms with Crippen LogP contribution in [0.15, 0.2) is 12.2 Å². The Morgan fingerprint density at radius 3 is 2.64 bits per heavy atom. The molecule has 0 radical (unpaired) electrons. The number of carbonyl (C=O) groups excluding carboxylic acids is 1. The van der Waals surface area contributed by atoms with Crippen LogP contribution >= 0.6 is 0 Å². The molecule has 0 aliphatic heterocycles. The van der Waals surface area contributed by atoms with Gasteiger partial charge in [-0.15, -0.1) is 0 Å². The summed E-state index contributed by atoms with van der Waals surface area (Å²) in [6, 6.07) is 0. The zero-order chi connectivity index (χ0) is 8.10. The van der Waals surface area contributed by atoms with Crippen molar-refractivity contribution in [3.63, 3.8) is 0 Å². The molecule has 1 fully saturated rings. The fraction of sp³-hybridized carbons (Fsp3) is 0.700. The Labute approximate surface area is 68.5 Å². The van der Waals surface area contributed by atoms with Gasteiger partial charge in [-0.05, 0) is 25.3 Å². The second-order valence-electron chi connectivity index (χ2n) is 3.40. The lowest BCUT2D eigenvalue weighted by Crippen LogP contribution is -1.90. The van der Waals surface area contributed by atoms with Crippen molar-refractivity contribution in [2.24, 2.45) is 5.92 Å². The Morgan fingerprint density at radius 2 is 2.09 bits per heavy atom. The molecule has 1 saturated carbocycles. The summed E-state index contributed by atoms with van der Waals surface area (Å²) >= 11 is 0. The summed E-state index contributed by atoms with van der Waals surface area (Å²) in [5, 5.41) is 0. The van der Waals surface area contributed by atoms with Gasteiger partial charge in [-0.25, -0.2) is 0 Å². The van der Waals surface area contributed by atoms with E-state index in [0.717, 1.165) is 12.3 Å². The third-order valence-corrected chi connectivity index (χ3v) is 2.30. The van der Waals surface area contributed by atoms with E-state index < -0.39 is 0 Å². The largest absolute Gasteiger partial charge is 0.295 e. The van der Waals surface area contributed by atoms with Crippen LogP contribution in [0.4, 0.5) is 0 Å². The summed E-state index contributed by atoms with van der Waals surface area (Å²) in [4.78, 5) is 10.5. The van der Waals surface area contributed by atoms with Crippen molar-refractivity contribution in [2.45, 2.75) is 39.0 Å². The Morgan fingerprint density at radius 1 is 1.45 bits per heavy atom. The van der Waals surface area contributed by atoms with Crippen molar-refractivity contribution in [1.29, 1.82) is 0 Å². The highest BCUT2D eigenvalue weighted by Gasteiger charge is 2.12. The predicted molar refractivity (Wildman–Crippen MR) is 46.4 cm³/mol. The van der Waals surface area contributed by atoms with Gasteiger partial charge in [0, 0.05) is 0 Å². The lowest BCUT2D eigenvalue weighted by atomic mass is 10.0. The van der Waals surface area contributed by atoms with Gasteiger partial charge in [0.25, 0.3) is 0 Å². The normalized spacial score (nSPS) is 19.7. The van der Waals surface area contributed by atoms with E-state index in [0.29, 0.717) is 0 Å². The van der Waals surface area contributed by atoms with Gasteiger partial charge in [0.05, 0.1) is 0 Å². The molecule has 1 aliphatic rings. The Bertz CT molecular complexity index is 152. The number of allylic oxidation sites excluding steroid dienone is 2. The van der Waals surface area contributed by atoms with E-state index in [1.807, 2.05) is 6.08 Å². The number of hydrogen-bond acceptors (Lipinski definition) is 1. The molecule has 0 N–H and O–H groups in total. The summed E-state index contributed by atoms with van der Waals surface area (Å²) in [7, 11) is 0. The third-order valence-electron chi connectivity index (χ3n) is 2.30. The molecule has 0 heterocycles. The Balaban J connectivity index is 2.15. The first-order valence-electron chi connectivity index (χ1n) is 4.46. The van der Waals surface area contributed by atoms with Crippen molar-refractivity contribution in [2.75, 3.05) is 0 Å². The van der Waals surface area contributed by atoms with E-state index in [2.05, 4.69) is 0 Å². The molecule has 0 bridgehead atoms. The summed E-state index contributed by atoms with van der Waals surface area (Å²) in [5.41, 5.74) is 0. The minimum absolute atomic E-state index is 0.169. The number of rotatable bonds is 3. The zero-order valence-electron chi connectivity index (χ0n) is 7.18. The van der Waals surface area contributed by atoms with Gasteiger partial charge in [-0.3, -0.25) is 4.79 Å². The molecular weight excluding hydrogens is 136 g/mol. The Kier molecular flexibility index (Phi) is 3.34. The topological polar surface area (TPSA) is 17.1 Å². The van der Waals surface area contributed by atoms with E-state index in [9.17, 15) is 4.79 Å². The van der Waals surface area contributed by atoms with Crippen LogP contribution in [0.2, 0.25) is 0 Å². The maximum atomic E-state index is 10.5. The van der Waals surface area contributed by atoms with E-state index in [1.54, 1.807) is 13.0 Å². The molecule has 0 atom stereocenters. The minimum atomic E-state index is 0.169. The Hall–Kier alpha value is -0.590. The minimum Gasteiger partial charge on any atom is -0.295 e. The highest BCUT2D eigenvalue weighted by atomic mass is 16.1. The highest BCUT2D eigenvalue weighted by Crippen LogP contribution is 2.27. The number of hydrogen-bond donors (Lipinski definition) is 0. The van der Waals surface area contributed by atoms with Gasteiger partial charge >= 0.3 is 0 Å². The lowest BCUT2D eigenvalue weighted by molar-refractivity contribution is -0.112. The number of ketones is 1. The first kappa shape index (κ1) is 8.51. The molecule has 62 valence electrons. The summed E-state index contributed by atoms with van der Waals surface area (Å²) in [6.07, 6.45) is 10.3. The molecule has 1 heteroatoms. The summed E-state index contributed by atoms with van der Waals surface area (Å²) in [5.74, 6) is 1.04. The second kappa shape index (κ2) is 4.32. The van der Waals surface area contributed by atoms with Crippen LogP contribution in [0.5, 0.6) is 0 Å². The molecular formula is C10H16O. The van der Waals surface area contributed by atoms with Gasteiger partial charge < -0.3 is 0 Å². The maximum Gasteiger partial charge on any atom is 0.152 e. The predicted octanol–water partition coefficient (Wildman–Crippen LogP) is 2.71. The smallest absolute Gasteiger partial charge is 0.152 e. The van der Waals surface area contributed by atoms with Crippen LogP contribution in [0.25, 0.3) is 0 Å². The third kappa shape index (κ3) is 3.35. The lowest BCUT2D eigenvalue weighted by Gasteiger charge is -2.01. The molecule has 0 aromatic heterocycles. The van der Waals surface area contributed by atoms with Crippen LogP contribution < -0.4 is 0 Å². The molecule has 0 spiro atoms. The SMILES string of the molecule is CC(=O)C=CCC1CCCC1. The van der Waals surface area contributed by atoms with Gasteiger partial charge in [-0.1, -0.05) is 31.8 Å². The molecule has 0 unspecified atom stereocenters. The standard InChI is InChI=1S/C10H16O/c1-9(11)5-4-8-10-6-2-3-7-10/h4-5,10H,2-3,6-8H2,1H3. The summed E-state index contributed by atoms with van der Waals surface area (Å²) in [6.45, 7) is 1.60. The molecule has 1 aliphatic carbocycles. The van der Waals surface area contributed by atoms with E-state index >= 15 is 0 Å². The van der Waals surface area contributed by atoms with Gasteiger partial charge in [0.15, 0.2) is 5.78 Å². The van der Waals surface area contributed by atoms with Gasteiger partial charge in [0.2, 0.25) is 0 Å². The molecule has 0 amide bonds. The molecule has 0 aromatic rings. The molecule has 0 saturated heterocycles. The molecule has 1 rings (SSSR count). The second-order valence-corrected chi connectivity index (χ2v) is 3.40. The first-order valence-corrected chi connectivity index (χ1v) is 4.46.